The Balaban J connectivity index is 2.28. The molecule has 1 heterocycles. The molecule has 0 spiro atoms. The Morgan fingerprint density at radius 2 is 2.00 bits per heavy atom. The number of hydrogen-bond acceptors (Lipinski definition) is 3. The normalized spacial score (nSPS) is 10.4. The number of benzene rings is 1. The van der Waals surface area contributed by atoms with E-state index in [0.717, 1.165) is 16.8 Å². The maximum Gasteiger partial charge on any atom is 0.257 e. The third kappa shape index (κ3) is 2.07. The van der Waals surface area contributed by atoms with E-state index in [1.807, 2.05) is 20.8 Å². The van der Waals surface area contributed by atoms with Crippen LogP contribution < -0.4 is 11.1 Å². The summed E-state index contributed by atoms with van der Waals surface area (Å²) in [5, 5.41) is 9.65. The Morgan fingerprint density at radius 3 is 2.61 bits per heavy atom. The summed E-state index contributed by atoms with van der Waals surface area (Å²) >= 11 is 0. The van der Waals surface area contributed by atoms with Crippen LogP contribution in [-0.4, -0.2) is 16.1 Å². The first-order valence-corrected chi connectivity index (χ1v) is 5.68. The van der Waals surface area contributed by atoms with Gasteiger partial charge in [-0.05, 0) is 38.5 Å². The second kappa shape index (κ2) is 4.52. The number of aryl methyl sites for hydroxylation is 1. The number of nitrogens with two attached hydrogens (primary N) is 1. The average Bonchev–Trinajstić information content (AvgIpc) is 2.64. The fourth-order valence-corrected chi connectivity index (χ4v) is 1.68. The van der Waals surface area contributed by atoms with Crippen molar-refractivity contribution in [3.63, 3.8) is 0 Å². The average molecular weight is 244 g/mol. The number of aromatic amines is 1. The molecule has 2 aromatic rings. The van der Waals surface area contributed by atoms with Crippen molar-refractivity contribution in [2.45, 2.75) is 20.8 Å². The minimum Gasteiger partial charge on any atom is -0.398 e. The largest absolute Gasteiger partial charge is 0.398 e. The summed E-state index contributed by atoms with van der Waals surface area (Å²) < 4.78 is 0. The number of nitrogens with one attached hydrogen (secondary N) is 2. The summed E-state index contributed by atoms with van der Waals surface area (Å²) in [4.78, 5) is 12.1. The number of anilines is 2. The summed E-state index contributed by atoms with van der Waals surface area (Å²) in [6, 6.07) is 5.28. The zero-order valence-corrected chi connectivity index (χ0v) is 10.7. The van der Waals surface area contributed by atoms with E-state index in [-0.39, 0.29) is 5.91 Å². The minimum atomic E-state index is -0.200. The molecule has 4 N–H and O–H groups in total. The van der Waals surface area contributed by atoms with Crippen LogP contribution in [0, 0.1) is 20.8 Å². The van der Waals surface area contributed by atoms with E-state index >= 15 is 0 Å². The van der Waals surface area contributed by atoms with Gasteiger partial charge in [0, 0.05) is 22.5 Å². The summed E-state index contributed by atoms with van der Waals surface area (Å²) in [6.45, 7) is 5.64. The Morgan fingerprint density at radius 1 is 1.28 bits per heavy atom. The van der Waals surface area contributed by atoms with E-state index in [9.17, 15) is 4.79 Å². The molecule has 1 amide bonds. The number of aromatic nitrogens is 2. The fraction of sp³-hybridized carbons (Fsp3) is 0.231. The summed E-state index contributed by atoms with van der Waals surface area (Å²) in [6.07, 6.45) is 0. The lowest BCUT2D eigenvalue weighted by Gasteiger charge is -2.08. The Hall–Kier alpha value is -2.30. The van der Waals surface area contributed by atoms with Crippen molar-refractivity contribution < 1.29 is 4.79 Å². The van der Waals surface area contributed by atoms with Gasteiger partial charge in [-0.25, -0.2) is 0 Å². The maximum absolute atomic E-state index is 12.1. The molecule has 0 aliphatic heterocycles. The number of carbonyl (C=O) groups is 1. The maximum atomic E-state index is 12.1. The van der Waals surface area contributed by atoms with Gasteiger partial charge < -0.3 is 11.1 Å². The number of carbonyl (C=O) groups excluding carboxylic acids is 1. The Labute approximate surface area is 105 Å². The van der Waals surface area contributed by atoms with E-state index in [2.05, 4.69) is 15.5 Å². The van der Waals surface area contributed by atoms with Crippen molar-refractivity contribution in [1.29, 1.82) is 0 Å². The SMILES string of the molecule is Cc1[nH]nc(NC(=O)c2cccc(N)c2C)c1C. The van der Waals surface area contributed by atoms with Crippen molar-refractivity contribution in [1.82, 2.24) is 10.2 Å². The third-order valence-corrected chi connectivity index (χ3v) is 3.11. The molecule has 5 heteroatoms. The number of H-pyrrole nitrogens is 1. The molecule has 0 radical (unpaired) electrons. The first kappa shape index (κ1) is 12.2. The molecule has 2 rings (SSSR count). The van der Waals surface area contributed by atoms with Crippen molar-refractivity contribution in [2.24, 2.45) is 0 Å². The van der Waals surface area contributed by atoms with Gasteiger partial charge in [0.2, 0.25) is 0 Å². The molecule has 0 unspecified atom stereocenters. The molecule has 1 aromatic carbocycles. The van der Waals surface area contributed by atoms with Crippen LogP contribution >= 0.6 is 0 Å². The molecule has 0 atom stereocenters. The van der Waals surface area contributed by atoms with Crippen LogP contribution in [0.5, 0.6) is 0 Å². The summed E-state index contributed by atoms with van der Waals surface area (Å²) in [7, 11) is 0. The fourth-order valence-electron chi connectivity index (χ4n) is 1.68. The molecule has 0 aliphatic rings. The molecule has 0 saturated carbocycles. The van der Waals surface area contributed by atoms with Gasteiger partial charge >= 0.3 is 0 Å². The van der Waals surface area contributed by atoms with E-state index in [1.165, 1.54) is 0 Å². The van der Waals surface area contributed by atoms with Gasteiger partial charge in [-0.1, -0.05) is 6.07 Å². The molecule has 0 saturated heterocycles. The lowest BCUT2D eigenvalue weighted by atomic mass is 10.1. The van der Waals surface area contributed by atoms with Gasteiger partial charge in [0.05, 0.1) is 0 Å². The molecule has 0 fully saturated rings. The molecular formula is C13H16N4O. The van der Waals surface area contributed by atoms with Crippen LogP contribution in [0.25, 0.3) is 0 Å². The summed E-state index contributed by atoms with van der Waals surface area (Å²) in [5.74, 6) is 0.355. The van der Waals surface area contributed by atoms with Crippen LogP contribution in [0.2, 0.25) is 0 Å². The molecule has 5 nitrogen and oxygen atoms in total. The quantitative estimate of drug-likeness (QED) is 0.708. The highest BCUT2D eigenvalue weighted by atomic mass is 16.1. The predicted molar refractivity (Wildman–Crippen MR) is 71.6 cm³/mol. The molecule has 0 bridgehead atoms. The second-order valence-corrected chi connectivity index (χ2v) is 4.30. The zero-order valence-electron chi connectivity index (χ0n) is 10.7. The van der Waals surface area contributed by atoms with E-state index in [0.29, 0.717) is 17.1 Å². The second-order valence-electron chi connectivity index (χ2n) is 4.30. The predicted octanol–water partition coefficient (Wildman–Crippen LogP) is 2.17. The van der Waals surface area contributed by atoms with Gasteiger partial charge in [0.15, 0.2) is 5.82 Å². The molecule has 18 heavy (non-hydrogen) atoms. The number of amides is 1. The summed E-state index contributed by atoms with van der Waals surface area (Å²) in [5.41, 5.74) is 9.61. The third-order valence-electron chi connectivity index (χ3n) is 3.11. The standard InChI is InChI=1S/C13H16N4O/c1-7-9(3)16-17-12(7)15-13(18)10-5-4-6-11(14)8(10)2/h4-6H,14H2,1-3H3,(H2,15,16,17,18). The highest BCUT2D eigenvalue weighted by Gasteiger charge is 2.13. The van der Waals surface area contributed by atoms with Crippen LogP contribution in [0.4, 0.5) is 11.5 Å². The minimum absolute atomic E-state index is 0.200. The topological polar surface area (TPSA) is 83.8 Å². The monoisotopic (exact) mass is 244 g/mol. The van der Waals surface area contributed by atoms with Crippen molar-refractivity contribution >= 4 is 17.4 Å². The molecule has 94 valence electrons. The Bertz CT molecular complexity index is 601. The molecular weight excluding hydrogens is 228 g/mol. The van der Waals surface area contributed by atoms with Gasteiger partial charge in [-0.15, -0.1) is 0 Å². The Kier molecular flexibility index (Phi) is 3.06. The van der Waals surface area contributed by atoms with Crippen molar-refractivity contribution in [3.8, 4) is 0 Å². The number of nitrogens with zero attached hydrogens (tertiary/aromatic N) is 1. The molecule has 1 aromatic heterocycles. The van der Waals surface area contributed by atoms with Crippen LogP contribution in [0.15, 0.2) is 18.2 Å². The van der Waals surface area contributed by atoms with Gasteiger partial charge in [-0.2, -0.15) is 5.10 Å². The highest BCUT2D eigenvalue weighted by Crippen LogP contribution is 2.19. The van der Waals surface area contributed by atoms with Crippen molar-refractivity contribution in [2.75, 3.05) is 11.1 Å². The van der Waals surface area contributed by atoms with E-state index in [4.69, 9.17) is 5.73 Å². The van der Waals surface area contributed by atoms with Crippen LogP contribution in [-0.2, 0) is 0 Å². The van der Waals surface area contributed by atoms with E-state index < -0.39 is 0 Å². The zero-order chi connectivity index (χ0) is 13.3. The lowest BCUT2D eigenvalue weighted by Crippen LogP contribution is -2.15. The lowest BCUT2D eigenvalue weighted by molar-refractivity contribution is 0.102. The van der Waals surface area contributed by atoms with Crippen LogP contribution in [0.1, 0.15) is 27.2 Å². The van der Waals surface area contributed by atoms with Crippen LogP contribution in [0.3, 0.4) is 0 Å². The van der Waals surface area contributed by atoms with Crippen molar-refractivity contribution in [3.05, 3.63) is 40.6 Å². The van der Waals surface area contributed by atoms with E-state index in [1.54, 1.807) is 18.2 Å². The van der Waals surface area contributed by atoms with Gasteiger partial charge in [-0.3, -0.25) is 9.89 Å². The molecule has 0 aliphatic carbocycles. The first-order valence-electron chi connectivity index (χ1n) is 5.68. The van der Waals surface area contributed by atoms with Gasteiger partial charge in [0.25, 0.3) is 5.91 Å². The number of hydrogen-bond donors (Lipinski definition) is 3. The van der Waals surface area contributed by atoms with Gasteiger partial charge in [0.1, 0.15) is 0 Å². The highest BCUT2D eigenvalue weighted by molar-refractivity contribution is 6.05. The first-order chi connectivity index (χ1) is 8.50. The number of nitrogen functional groups attached to an aromatic ring is 1. The smallest absolute Gasteiger partial charge is 0.257 e. The number of rotatable bonds is 2.